The van der Waals surface area contributed by atoms with Crippen LogP contribution in [0.3, 0.4) is 0 Å². The third-order valence-electron chi connectivity index (χ3n) is 5.37. The number of nitrogens with zero attached hydrogens (tertiary/aromatic N) is 2. The van der Waals surface area contributed by atoms with Gasteiger partial charge in [0, 0.05) is 17.5 Å². The van der Waals surface area contributed by atoms with Gasteiger partial charge in [-0.25, -0.2) is 13.8 Å². The van der Waals surface area contributed by atoms with E-state index in [-0.39, 0.29) is 5.56 Å². The largest absolute Gasteiger partial charge is 0.355 e. The Bertz CT molecular complexity index is 1530. The van der Waals surface area contributed by atoms with Crippen molar-refractivity contribution in [1.82, 2.24) is 14.5 Å². The van der Waals surface area contributed by atoms with E-state index in [2.05, 4.69) is 4.98 Å². The Hall–Kier alpha value is -3.71. The summed E-state index contributed by atoms with van der Waals surface area (Å²) in [6.07, 6.45) is 1.79. The molecule has 7 heteroatoms. The van der Waals surface area contributed by atoms with E-state index in [1.54, 1.807) is 10.8 Å². The second-order valence-electron chi connectivity index (χ2n) is 7.70. The smallest absolute Gasteiger partial charge is 0.283 e. The zero-order valence-corrected chi connectivity index (χ0v) is 18.5. The summed E-state index contributed by atoms with van der Waals surface area (Å²) in [6, 6.07) is 21.1. The highest BCUT2D eigenvalue weighted by atomic mass is 32.2. The van der Waals surface area contributed by atoms with Crippen molar-refractivity contribution in [2.24, 2.45) is 0 Å². The predicted molar refractivity (Wildman–Crippen MR) is 128 cm³/mol. The zero-order chi connectivity index (χ0) is 22.9. The van der Waals surface area contributed by atoms with Gasteiger partial charge in [0.25, 0.3) is 5.56 Å². The van der Waals surface area contributed by atoms with Crippen molar-refractivity contribution in [2.75, 3.05) is 0 Å². The lowest BCUT2D eigenvalue weighted by molar-refractivity contribution is 0.507. The van der Waals surface area contributed by atoms with Crippen LogP contribution in [0.2, 0.25) is 0 Å². The molecule has 5 aromatic rings. The molecule has 0 saturated heterocycles. The third-order valence-corrected chi connectivity index (χ3v) is 6.37. The summed E-state index contributed by atoms with van der Waals surface area (Å²) < 4.78 is 28.6. The van der Waals surface area contributed by atoms with Gasteiger partial charge >= 0.3 is 0 Å². The number of H-pyrrole nitrogens is 1. The first-order valence-corrected chi connectivity index (χ1v) is 11.3. The minimum absolute atomic E-state index is 0.222. The lowest BCUT2D eigenvalue weighted by atomic mass is 10.1. The molecular weight excluding hydrogens is 440 g/mol. The van der Waals surface area contributed by atoms with Gasteiger partial charge in [-0.2, -0.15) is 0 Å². The Labute approximate surface area is 192 Å². The number of rotatable bonds is 5. The minimum Gasteiger partial charge on any atom is -0.355 e. The van der Waals surface area contributed by atoms with Gasteiger partial charge in [0.2, 0.25) is 0 Å². The molecule has 2 aromatic heterocycles. The Kier molecular flexibility index (Phi) is 5.56. The summed E-state index contributed by atoms with van der Waals surface area (Å²) >= 11 is 1.30. The first-order valence-electron chi connectivity index (χ1n) is 10.3. The van der Waals surface area contributed by atoms with Crippen LogP contribution in [-0.4, -0.2) is 14.5 Å². The zero-order valence-electron chi connectivity index (χ0n) is 17.7. The van der Waals surface area contributed by atoms with Gasteiger partial charge in [0.1, 0.15) is 11.0 Å². The highest BCUT2D eigenvalue weighted by Gasteiger charge is 2.18. The fourth-order valence-electron chi connectivity index (χ4n) is 3.75. The molecule has 164 valence electrons. The number of hydrogen-bond acceptors (Lipinski definition) is 3. The average Bonchev–Trinajstić information content (AvgIpc) is 3.25. The maximum atomic E-state index is 13.7. The van der Waals surface area contributed by atoms with E-state index in [0.29, 0.717) is 33.2 Å². The number of nitrogens with one attached hydrogen (secondary N) is 1. The van der Waals surface area contributed by atoms with E-state index in [1.807, 2.05) is 61.5 Å². The summed E-state index contributed by atoms with van der Waals surface area (Å²) in [4.78, 5) is 21.5. The maximum absolute atomic E-state index is 13.7. The van der Waals surface area contributed by atoms with Gasteiger partial charge in [0.15, 0.2) is 16.8 Å². The number of benzene rings is 3. The Morgan fingerprint density at radius 3 is 2.55 bits per heavy atom. The van der Waals surface area contributed by atoms with Crippen molar-refractivity contribution < 1.29 is 8.78 Å². The van der Waals surface area contributed by atoms with Gasteiger partial charge in [-0.3, -0.25) is 9.36 Å². The molecule has 0 aliphatic heterocycles. The van der Waals surface area contributed by atoms with Crippen molar-refractivity contribution in [2.45, 2.75) is 17.8 Å². The van der Waals surface area contributed by atoms with Crippen LogP contribution >= 0.6 is 11.8 Å². The van der Waals surface area contributed by atoms with Crippen LogP contribution in [0.15, 0.2) is 88.9 Å². The molecule has 0 amide bonds. The van der Waals surface area contributed by atoms with Gasteiger partial charge in [-0.15, -0.1) is 0 Å². The van der Waals surface area contributed by atoms with Crippen molar-refractivity contribution in [1.29, 1.82) is 0 Å². The van der Waals surface area contributed by atoms with Crippen LogP contribution in [0.5, 0.6) is 0 Å². The number of aromatic amines is 1. The molecule has 0 saturated carbocycles. The lowest BCUT2D eigenvalue weighted by Gasteiger charge is -2.13. The molecular formula is C26H19F2N3OS. The number of halogens is 2. The van der Waals surface area contributed by atoms with Crippen molar-refractivity contribution in [3.63, 3.8) is 0 Å². The lowest BCUT2D eigenvalue weighted by Crippen LogP contribution is -2.22. The highest BCUT2D eigenvalue weighted by molar-refractivity contribution is 7.98. The second-order valence-corrected chi connectivity index (χ2v) is 8.65. The summed E-state index contributed by atoms with van der Waals surface area (Å²) in [5.74, 6) is -1.46. The van der Waals surface area contributed by atoms with Crippen molar-refractivity contribution >= 4 is 22.8 Å². The van der Waals surface area contributed by atoms with Crippen molar-refractivity contribution in [3.05, 3.63) is 112 Å². The van der Waals surface area contributed by atoms with Gasteiger partial charge in [-0.05, 0) is 47.9 Å². The molecule has 33 heavy (non-hydrogen) atoms. The van der Waals surface area contributed by atoms with E-state index in [9.17, 15) is 13.6 Å². The first-order chi connectivity index (χ1) is 16.0. The molecule has 0 aliphatic rings. The molecule has 0 radical (unpaired) electrons. The average molecular weight is 460 g/mol. The SMILES string of the molecule is Cc1cccc(-n2c(SCc3ccc(F)c(F)c3)nc3c(-c4ccccc4)c[nH]c3c2=O)c1. The topological polar surface area (TPSA) is 50.7 Å². The van der Waals surface area contributed by atoms with Crippen molar-refractivity contribution in [3.8, 4) is 16.8 Å². The van der Waals surface area contributed by atoms with E-state index in [4.69, 9.17) is 4.98 Å². The Morgan fingerprint density at radius 2 is 1.79 bits per heavy atom. The third kappa shape index (κ3) is 4.07. The molecule has 0 unspecified atom stereocenters. The number of hydrogen-bond donors (Lipinski definition) is 1. The fourth-order valence-corrected chi connectivity index (χ4v) is 4.69. The Morgan fingerprint density at radius 1 is 0.970 bits per heavy atom. The number of aromatic nitrogens is 3. The number of fused-ring (bicyclic) bond motifs is 1. The molecule has 4 nitrogen and oxygen atoms in total. The molecule has 0 aliphatic carbocycles. The van der Waals surface area contributed by atoms with Crippen LogP contribution in [0.1, 0.15) is 11.1 Å². The monoisotopic (exact) mass is 459 g/mol. The normalized spacial score (nSPS) is 11.2. The van der Waals surface area contributed by atoms with Crippen LogP contribution < -0.4 is 5.56 Å². The quantitative estimate of drug-likeness (QED) is 0.249. The summed E-state index contributed by atoms with van der Waals surface area (Å²) in [6.45, 7) is 1.96. The van der Waals surface area contributed by atoms with Gasteiger partial charge in [-0.1, -0.05) is 60.3 Å². The molecule has 3 aromatic carbocycles. The summed E-state index contributed by atoms with van der Waals surface area (Å²) in [5, 5.41) is 0.472. The molecule has 1 N–H and O–H groups in total. The van der Waals surface area contributed by atoms with E-state index >= 15 is 0 Å². The van der Waals surface area contributed by atoms with E-state index in [1.165, 1.54) is 23.9 Å². The van der Waals surface area contributed by atoms with E-state index in [0.717, 1.165) is 22.8 Å². The molecule has 2 heterocycles. The standard InChI is InChI=1S/C26H19F2N3OS/c1-16-6-5-9-19(12-16)31-25(32)24-23(20(14-29-24)18-7-3-2-4-8-18)30-26(31)33-15-17-10-11-21(27)22(28)13-17/h2-14,29H,15H2,1H3. The Balaban J connectivity index is 1.67. The summed E-state index contributed by atoms with van der Waals surface area (Å²) in [5.41, 5.74) is 4.83. The summed E-state index contributed by atoms with van der Waals surface area (Å²) in [7, 11) is 0. The minimum atomic E-state index is -0.899. The number of thioether (sulfide) groups is 1. The molecule has 0 fully saturated rings. The van der Waals surface area contributed by atoms with Crippen LogP contribution in [-0.2, 0) is 5.75 Å². The van der Waals surface area contributed by atoms with Gasteiger partial charge in [0.05, 0.1) is 5.69 Å². The van der Waals surface area contributed by atoms with E-state index < -0.39 is 11.6 Å². The highest BCUT2D eigenvalue weighted by Crippen LogP contribution is 2.30. The fraction of sp³-hybridized carbons (Fsp3) is 0.0769. The second kappa shape index (κ2) is 8.67. The van der Waals surface area contributed by atoms with Crippen LogP contribution in [0, 0.1) is 18.6 Å². The van der Waals surface area contributed by atoms with Crippen LogP contribution in [0.4, 0.5) is 8.78 Å². The molecule has 0 spiro atoms. The molecule has 0 atom stereocenters. The maximum Gasteiger partial charge on any atom is 0.283 e. The van der Waals surface area contributed by atoms with Crippen LogP contribution in [0.25, 0.3) is 27.8 Å². The van der Waals surface area contributed by atoms with Gasteiger partial charge < -0.3 is 4.98 Å². The predicted octanol–water partition coefficient (Wildman–Crippen LogP) is 6.26. The molecule has 5 rings (SSSR count). The molecule has 0 bridgehead atoms. The first kappa shape index (κ1) is 21.2. The number of aryl methyl sites for hydroxylation is 1.